The van der Waals surface area contributed by atoms with Gasteiger partial charge in [0.05, 0.1) is 0 Å². The van der Waals surface area contributed by atoms with Gasteiger partial charge in [-0.3, -0.25) is 10.1 Å². The van der Waals surface area contributed by atoms with Crippen LogP contribution >= 0.6 is 11.8 Å². The van der Waals surface area contributed by atoms with Gasteiger partial charge in [-0.1, -0.05) is 20.8 Å². The summed E-state index contributed by atoms with van der Waals surface area (Å²) in [4.78, 5) is 11.3. The number of nitrogens with one attached hydrogen (secondary N) is 1. The summed E-state index contributed by atoms with van der Waals surface area (Å²) >= 11 is 1.72. The topological polar surface area (TPSA) is 49.3 Å². The Morgan fingerprint density at radius 1 is 1.31 bits per heavy atom. The summed E-state index contributed by atoms with van der Waals surface area (Å²) in [5, 5.41) is 12.9. The molecule has 4 heteroatoms. The van der Waals surface area contributed by atoms with Crippen LogP contribution < -0.4 is 5.32 Å². The van der Waals surface area contributed by atoms with Crippen molar-refractivity contribution in [3.63, 3.8) is 0 Å². The molecule has 0 rings (SSSR count). The van der Waals surface area contributed by atoms with Crippen molar-refractivity contribution in [3.05, 3.63) is 0 Å². The average Bonchev–Trinajstić information content (AvgIpc) is 2.12. The van der Waals surface area contributed by atoms with Crippen molar-refractivity contribution < 1.29 is 9.90 Å². The van der Waals surface area contributed by atoms with Crippen LogP contribution in [0.5, 0.6) is 0 Å². The van der Waals surface area contributed by atoms with Gasteiger partial charge in [0.25, 0.3) is 0 Å². The molecule has 0 saturated carbocycles. The number of rotatable bonds is 7. The Bertz CT molecular complexity index is 231. The van der Waals surface area contributed by atoms with E-state index in [1.165, 1.54) is 0 Å². The van der Waals surface area contributed by atoms with Crippen molar-refractivity contribution in [2.75, 3.05) is 5.75 Å². The molecule has 0 aromatic carbocycles. The van der Waals surface area contributed by atoms with Crippen LogP contribution in [0.2, 0.25) is 0 Å². The smallest absolute Gasteiger partial charge is 0.324 e. The van der Waals surface area contributed by atoms with Crippen LogP contribution in [-0.2, 0) is 4.79 Å². The zero-order valence-corrected chi connectivity index (χ0v) is 12.0. The van der Waals surface area contributed by atoms with Crippen molar-refractivity contribution in [1.82, 2.24) is 5.32 Å². The van der Waals surface area contributed by atoms with Crippen LogP contribution in [0.1, 0.15) is 41.5 Å². The highest BCUT2D eigenvalue weighted by molar-refractivity contribution is 8.00. The molecule has 0 bridgehead atoms. The molecule has 2 atom stereocenters. The van der Waals surface area contributed by atoms with Crippen molar-refractivity contribution in [2.45, 2.75) is 58.4 Å². The third-order valence-corrected chi connectivity index (χ3v) is 4.47. The van der Waals surface area contributed by atoms with Gasteiger partial charge < -0.3 is 5.11 Å². The van der Waals surface area contributed by atoms with Gasteiger partial charge in [0.2, 0.25) is 0 Å². The zero-order valence-electron chi connectivity index (χ0n) is 11.2. The van der Waals surface area contributed by atoms with Gasteiger partial charge in [-0.2, -0.15) is 11.8 Å². The summed E-state index contributed by atoms with van der Waals surface area (Å²) < 4.78 is 0. The Morgan fingerprint density at radius 3 is 2.12 bits per heavy atom. The molecule has 2 unspecified atom stereocenters. The summed E-state index contributed by atoms with van der Waals surface area (Å²) in [6, 6.07) is 0.177. The fourth-order valence-electron chi connectivity index (χ4n) is 1.29. The minimum Gasteiger partial charge on any atom is -0.480 e. The molecule has 0 aliphatic heterocycles. The van der Waals surface area contributed by atoms with Gasteiger partial charge in [-0.25, -0.2) is 0 Å². The maximum Gasteiger partial charge on any atom is 0.324 e. The normalized spacial score (nSPS) is 17.5. The van der Waals surface area contributed by atoms with Gasteiger partial charge in [-0.05, 0) is 26.7 Å². The van der Waals surface area contributed by atoms with Crippen molar-refractivity contribution in [1.29, 1.82) is 0 Å². The highest BCUT2D eigenvalue weighted by Crippen LogP contribution is 2.23. The molecule has 0 amide bonds. The summed E-state index contributed by atoms with van der Waals surface area (Å²) in [5.41, 5.74) is -0.831. The Morgan fingerprint density at radius 2 is 1.81 bits per heavy atom. The molecule has 16 heavy (non-hydrogen) atoms. The van der Waals surface area contributed by atoms with E-state index in [1.807, 2.05) is 13.8 Å². The van der Waals surface area contributed by atoms with Crippen LogP contribution in [-0.4, -0.2) is 33.7 Å². The largest absolute Gasteiger partial charge is 0.480 e. The fraction of sp³-hybridized carbons (Fsp3) is 0.917. The van der Waals surface area contributed by atoms with Crippen molar-refractivity contribution >= 4 is 17.7 Å². The number of aliphatic carboxylic acids is 1. The second-order valence-electron chi connectivity index (χ2n) is 5.20. The van der Waals surface area contributed by atoms with E-state index >= 15 is 0 Å². The summed E-state index contributed by atoms with van der Waals surface area (Å²) in [5.74, 6) is 0.395. The van der Waals surface area contributed by atoms with E-state index in [0.29, 0.717) is 16.9 Å². The molecule has 0 aliphatic rings. The fourth-order valence-corrected chi connectivity index (χ4v) is 2.48. The minimum absolute atomic E-state index is 0.177. The van der Waals surface area contributed by atoms with E-state index in [1.54, 1.807) is 18.7 Å². The van der Waals surface area contributed by atoms with E-state index in [9.17, 15) is 9.90 Å². The lowest BCUT2D eigenvalue weighted by Crippen LogP contribution is -2.54. The van der Waals surface area contributed by atoms with Gasteiger partial charge in [0, 0.05) is 17.0 Å². The number of hydrogen-bond donors (Lipinski definition) is 2. The number of carboxylic acids is 1. The molecule has 0 spiro atoms. The third-order valence-electron chi connectivity index (χ3n) is 2.65. The van der Waals surface area contributed by atoms with Gasteiger partial charge in [-0.15, -0.1) is 0 Å². The molecule has 2 N–H and O–H groups in total. The predicted molar refractivity (Wildman–Crippen MR) is 71.1 cm³/mol. The molecule has 0 radical (unpaired) electrons. The minimum atomic E-state index is -0.831. The predicted octanol–water partition coefficient (Wildman–Crippen LogP) is 2.61. The van der Waals surface area contributed by atoms with Gasteiger partial charge >= 0.3 is 5.97 Å². The van der Waals surface area contributed by atoms with Gasteiger partial charge in [0.1, 0.15) is 5.54 Å². The van der Waals surface area contributed by atoms with Crippen LogP contribution in [0.4, 0.5) is 0 Å². The molecule has 96 valence electrons. The monoisotopic (exact) mass is 247 g/mol. The Labute approximate surface area is 103 Å². The second-order valence-corrected chi connectivity index (χ2v) is 6.56. The van der Waals surface area contributed by atoms with Crippen LogP contribution in [0, 0.1) is 5.92 Å². The Hall–Kier alpha value is -0.220. The Balaban J connectivity index is 4.40. The van der Waals surface area contributed by atoms with E-state index < -0.39 is 11.5 Å². The maximum absolute atomic E-state index is 11.3. The quantitative estimate of drug-likeness (QED) is 0.726. The summed E-state index contributed by atoms with van der Waals surface area (Å²) in [7, 11) is 0. The zero-order chi connectivity index (χ0) is 12.9. The van der Waals surface area contributed by atoms with Crippen molar-refractivity contribution in [2.24, 2.45) is 5.92 Å². The highest BCUT2D eigenvalue weighted by Gasteiger charge is 2.34. The second kappa shape index (κ2) is 6.50. The summed E-state index contributed by atoms with van der Waals surface area (Å²) in [6.45, 7) is 12.2. The number of carboxylic acid groups (broad SMARTS) is 1. The first kappa shape index (κ1) is 15.8. The lowest BCUT2D eigenvalue weighted by atomic mass is 10.0. The summed E-state index contributed by atoms with van der Waals surface area (Å²) in [6.07, 6.45) is 0. The molecule has 0 heterocycles. The number of thioether (sulfide) groups is 1. The molecular formula is C12H25NO2S. The standard InChI is InChI=1S/C12H25NO2S/c1-8(2)10(5)16-7-12(6,11(14)15)13-9(3)4/h8-10,13H,7H2,1-6H3,(H,14,15). The Kier molecular flexibility index (Phi) is 6.41. The molecular weight excluding hydrogens is 222 g/mol. The van der Waals surface area contributed by atoms with E-state index in [2.05, 4.69) is 26.1 Å². The first-order valence-electron chi connectivity index (χ1n) is 5.81. The SMILES string of the molecule is CC(C)NC(C)(CSC(C)C(C)C)C(=O)O. The maximum atomic E-state index is 11.3. The third kappa shape index (κ3) is 5.21. The number of hydrogen-bond acceptors (Lipinski definition) is 3. The van der Waals surface area contributed by atoms with E-state index in [-0.39, 0.29) is 6.04 Å². The highest BCUT2D eigenvalue weighted by atomic mass is 32.2. The molecule has 0 fully saturated rings. The first-order chi connectivity index (χ1) is 7.19. The lowest BCUT2D eigenvalue weighted by Gasteiger charge is -2.30. The first-order valence-corrected chi connectivity index (χ1v) is 6.86. The van der Waals surface area contributed by atoms with Crippen LogP contribution in [0.25, 0.3) is 0 Å². The molecule has 0 aromatic heterocycles. The van der Waals surface area contributed by atoms with E-state index in [4.69, 9.17) is 0 Å². The van der Waals surface area contributed by atoms with Gasteiger partial charge in [0.15, 0.2) is 0 Å². The lowest BCUT2D eigenvalue weighted by molar-refractivity contribution is -0.143. The molecule has 0 aliphatic carbocycles. The molecule has 3 nitrogen and oxygen atoms in total. The van der Waals surface area contributed by atoms with E-state index in [0.717, 1.165) is 0 Å². The average molecular weight is 247 g/mol. The molecule has 0 aromatic rings. The molecule has 0 saturated heterocycles. The van der Waals surface area contributed by atoms with Crippen LogP contribution in [0.15, 0.2) is 0 Å². The van der Waals surface area contributed by atoms with Crippen LogP contribution in [0.3, 0.4) is 0 Å². The number of carbonyl (C=O) groups is 1. The van der Waals surface area contributed by atoms with Crippen molar-refractivity contribution in [3.8, 4) is 0 Å².